The molecule has 1 aromatic carbocycles. The average Bonchev–Trinajstić information content (AvgIpc) is 3.32. The van der Waals surface area contributed by atoms with Crippen molar-refractivity contribution in [1.29, 1.82) is 0 Å². The predicted molar refractivity (Wildman–Crippen MR) is 92.3 cm³/mol. The molecule has 25 heavy (non-hydrogen) atoms. The van der Waals surface area contributed by atoms with Gasteiger partial charge in [0.15, 0.2) is 0 Å². The van der Waals surface area contributed by atoms with Crippen LogP contribution in [0.25, 0.3) is 0 Å². The third kappa shape index (κ3) is 2.90. The molecule has 5 heteroatoms. The van der Waals surface area contributed by atoms with Crippen molar-refractivity contribution in [2.45, 2.75) is 63.5 Å². The number of carbonyl (C=O) groups excluding carboxylic acids is 2. The normalized spacial score (nSPS) is 23.6. The Morgan fingerprint density at radius 3 is 2.68 bits per heavy atom. The maximum absolute atomic E-state index is 12.8. The first-order valence-corrected chi connectivity index (χ1v) is 9.29. The maximum Gasteiger partial charge on any atom is 0.307 e. The van der Waals surface area contributed by atoms with Gasteiger partial charge in [-0.2, -0.15) is 0 Å². The van der Waals surface area contributed by atoms with Crippen LogP contribution >= 0.6 is 0 Å². The van der Waals surface area contributed by atoms with E-state index >= 15 is 0 Å². The Balaban J connectivity index is 1.48. The van der Waals surface area contributed by atoms with Gasteiger partial charge < -0.3 is 14.8 Å². The molecular formula is C20H25NO4. The van der Waals surface area contributed by atoms with Crippen molar-refractivity contribution >= 4 is 11.9 Å². The lowest BCUT2D eigenvalue weighted by Crippen LogP contribution is -2.42. The van der Waals surface area contributed by atoms with Crippen LogP contribution in [-0.2, 0) is 33.7 Å². The molecule has 1 N–H and O–H groups in total. The van der Waals surface area contributed by atoms with E-state index in [-0.39, 0.29) is 24.2 Å². The molecule has 1 saturated heterocycles. The maximum atomic E-state index is 12.8. The lowest BCUT2D eigenvalue weighted by Gasteiger charge is -2.28. The van der Waals surface area contributed by atoms with Crippen LogP contribution in [0.4, 0.5) is 0 Å². The van der Waals surface area contributed by atoms with E-state index in [0.717, 1.165) is 49.8 Å². The summed E-state index contributed by atoms with van der Waals surface area (Å²) >= 11 is 0. The third-order valence-electron chi connectivity index (χ3n) is 6.04. The first kappa shape index (κ1) is 16.4. The van der Waals surface area contributed by atoms with Gasteiger partial charge in [-0.3, -0.25) is 9.59 Å². The minimum atomic E-state index is -0.552. The second-order valence-corrected chi connectivity index (χ2v) is 7.51. The summed E-state index contributed by atoms with van der Waals surface area (Å²) in [6.45, 7) is 0.427. The molecule has 3 aliphatic rings. The molecular weight excluding hydrogens is 318 g/mol. The second kappa shape index (κ2) is 6.36. The number of ether oxygens (including phenoxy) is 2. The summed E-state index contributed by atoms with van der Waals surface area (Å²) in [4.78, 5) is 24.6. The van der Waals surface area contributed by atoms with Crippen molar-refractivity contribution in [1.82, 2.24) is 5.32 Å². The quantitative estimate of drug-likeness (QED) is 0.854. The number of rotatable bonds is 4. The number of aryl methyl sites for hydroxylation is 2. The van der Waals surface area contributed by atoms with Gasteiger partial charge in [0.1, 0.15) is 11.4 Å². The standard InChI is InChI=1S/C20H25NO4/c1-24-17-10-14-6-4-5-13(14)9-15(17)12-21-19(23)16-11-18(22)25-20(16)7-2-3-8-20/h9-10,16H,2-8,11-12H2,1H3,(H,21,23)/t16-/m0/s1. The number of carbonyl (C=O) groups is 2. The number of nitrogens with one attached hydrogen (secondary N) is 1. The van der Waals surface area contributed by atoms with Crippen molar-refractivity contribution in [2.24, 2.45) is 5.92 Å². The van der Waals surface area contributed by atoms with Gasteiger partial charge in [-0.1, -0.05) is 6.07 Å². The lowest BCUT2D eigenvalue weighted by molar-refractivity contribution is -0.149. The second-order valence-electron chi connectivity index (χ2n) is 7.51. The van der Waals surface area contributed by atoms with Gasteiger partial charge in [0, 0.05) is 12.1 Å². The van der Waals surface area contributed by atoms with Crippen molar-refractivity contribution in [3.05, 3.63) is 28.8 Å². The smallest absolute Gasteiger partial charge is 0.307 e. The van der Waals surface area contributed by atoms with Crippen LogP contribution in [0, 0.1) is 5.92 Å². The van der Waals surface area contributed by atoms with Gasteiger partial charge in [-0.25, -0.2) is 0 Å². The SMILES string of the molecule is COc1cc2c(cc1CNC(=O)[C@@H]1CC(=O)OC13CCCC3)CCC2. The Morgan fingerprint density at radius 2 is 1.96 bits per heavy atom. The Kier molecular flexibility index (Phi) is 4.18. The van der Waals surface area contributed by atoms with E-state index in [1.165, 1.54) is 17.5 Å². The van der Waals surface area contributed by atoms with Gasteiger partial charge in [-0.05, 0) is 62.1 Å². The Labute approximate surface area is 148 Å². The molecule has 2 fully saturated rings. The zero-order valence-corrected chi connectivity index (χ0v) is 14.7. The fraction of sp³-hybridized carbons (Fsp3) is 0.600. The van der Waals surface area contributed by atoms with Crippen LogP contribution in [0.1, 0.15) is 55.2 Å². The van der Waals surface area contributed by atoms with E-state index < -0.39 is 5.60 Å². The molecule has 1 aromatic rings. The molecule has 1 amide bonds. The van der Waals surface area contributed by atoms with Crippen LogP contribution in [0.15, 0.2) is 12.1 Å². The number of amides is 1. The van der Waals surface area contributed by atoms with E-state index in [2.05, 4.69) is 17.4 Å². The van der Waals surface area contributed by atoms with E-state index in [1.807, 2.05) is 0 Å². The number of methoxy groups -OCH3 is 1. The lowest BCUT2D eigenvalue weighted by atomic mass is 9.85. The minimum Gasteiger partial charge on any atom is -0.496 e. The van der Waals surface area contributed by atoms with Crippen molar-refractivity contribution in [2.75, 3.05) is 7.11 Å². The van der Waals surface area contributed by atoms with Gasteiger partial charge in [0.25, 0.3) is 0 Å². The molecule has 0 radical (unpaired) electrons. The largest absolute Gasteiger partial charge is 0.496 e. The summed E-state index contributed by atoms with van der Waals surface area (Å²) in [5, 5.41) is 3.03. The summed E-state index contributed by atoms with van der Waals surface area (Å²) < 4.78 is 11.1. The molecule has 1 spiro atoms. The number of hydrogen-bond acceptors (Lipinski definition) is 4. The third-order valence-corrected chi connectivity index (χ3v) is 6.04. The summed E-state index contributed by atoms with van der Waals surface area (Å²) in [7, 11) is 1.67. The predicted octanol–water partition coefficient (Wildman–Crippen LogP) is 2.68. The van der Waals surface area contributed by atoms with E-state index in [4.69, 9.17) is 9.47 Å². The van der Waals surface area contributed by atoms with Crippen LogP contribution in [0.3, 0.4) is 0 Å². The zero-order chi connectivity index (χ0) is 17.4. The fourth-order valence-corrected chi connectivity index (χ4v) is 4.73. The first-order chi connectivity index (χ1) is 12.1. The molecule has 2 aliphatic carbocycles. The molecule has 1 heterocycles. The van der Waals surface area contributed by atoms with E-state index in [0.29, 0.717) is 6.54 Å². The van der Waals surface area contributed by atoms with Crippen LogP contribution in [-0.4, -0.2) is 24.6 Å². The Bertz CT molecular complexity index is 706. The number of benzene rings is 1. The van der Waals surface area contributed by atoms with Gasteiger partial charge >= 0.3 is 5.97 Å². The molecule has 1 aliphatic heterocycles. The van der Waals surface area contributed by atoms with Gasteiger partial charge in [-0.15, -0.1) is 0 Å². The topological polar surface area (TPSA) is 64.6 Å². The number of hydrogen-bond donors (Lipinski definition) is 1. The number of fused-ring (bicyclic) bond motifs is 1. The highest BCUT2D eigenvalue weighted by molar-refractivity contribution is 5.88. The molecule has 134 valence electrons. The van der Waals surface area contributed by atoms with E-state index in [9.17, 15) is 9.59 Å². The Morgan fingerprint density at radius 1 is 1.24 bits per heavy atom. The molecule has 0 bridgehead atoms. The first-order valence-electron chi connectivity index (χ1n) is 9.29. The fourth-order valence-electron chi connectivity index (χ4n) is 4.73. The highest BCUT2D eigenvalue weighted by atomic mass is 16.6. The monoisotopic (exact) mass is 343 g/mol. The summed E-state index contributed by atoms with van der Waals surface area (Å²) in [6, 6.07) is 4.26. The molecule has 5 nitrogen and oxygen atoms in total. The molecule has 1 atom stereocenters. The molecule has 0 aromatic heterocycles. The van der Waals surface area contributed by atoms with Crippen molar-refractivity contribution in [3.63, 3.8) is 0 Å². The zero-order valence-electron chi connectivity index (χ0n) is 14.7. The molecule has 0 unspecified atom stereocenters. The van der Waals surface area contributed by atoms with Crippen LogP contribution in [0.5, 0.6) is 5.75 Å². The summed E-state index contributed by atoms with van der Waals surface area (Å²) in [5.41, 5.74) is 3.16. The summed E-state index contributed by atoms with van der Waals surface area (Å²) in [5.74, 6) is 0.158. The minimum absolute atomic E-state index is 0.0738. The average molecular weight is 343 g/mol. The van der Waals surface area contributed by atoms with Gasteiger partial charge in [0.05, 0.1) is 19.4 Å². The molecule has 4 rings (SSSR count). The Hall–Kier alpha value is -2.04. The van der Waals surface area contributed by atoms with Gasteiger partial charge in [0.2, 0.25) is 5.91 Å². The summed E-state index contributed by atoms with van der Waals surface area (Å²) in [6.07, 6.45) is 7.23. The highest BCUT2D eigenvalue weighted by Crippen LogP contribution is 2.45. The van der Waals surface area contributed by atoms with E-state index in [1.54, 1.807) is 7.11 Å². The van der Waals surface area contributed by atoms with Crippen molar-refractivity contribution in [3.8, 4) is 5.75 Å². The van der Waals surface area contributed by atoms with Crippen molar-refractivity contribution < 1.29 is 19.1 Å². The van der Waals surface area contributed by atoms with Crippen LogP contribution < -0.4 is 10.1 Å². The molecule has 1 saturated carbocycles. The number of esters is 1. The van der Waals surface area contributed by atoms with Crippen LogP contribution in [0.2, 0.25) is 0 Å². The highest BCUT2D eigenvalue weighted by Gasteiger charge is 2.53.